The number of para-hydroxylation sites is 1. The minimum Gasteiger partial charge on any atom is -0.493 e. The Morgan fingerprint density at radius 2 is 1.96 bits per heavy atom. The van der Waals surface area contributed by atoms with Gasteiger partial charge in [0.15, 0.2) is 11.5 Å². The Morgan fingerprint density at radius 3 is 2.67 bits per heavy atom. The summed E-state index contributed by atoms with van der Waals surface area (Å²) >= 11 is 0. The highest BCUT2D eigenvalue weighted by Gasteiger charge is 2.52. The molecule has 0 unspecified atom stereocenters. The molecule has 1 amide bonds. The molecule has 2 bridgehead atoms. The average molecular weight is 327 g/mol. The second-order valence-electron chi connectivity index (χ2n) is 8.06. The largest absolute Gasteiger partial charge is 0.493 e. The fourth-order valence-electron chi connectivity index (χ4n) is 5.83. The number of hydrogen-bond donors (Lipinski definition) is 0. The Bertz CT molecular complexity index is 655. The van der Waals surface area contributed by atoms with Gasteiger partial charge in [0.25, 0.3) is 0 Å². The van der Waals surface area contributed by atoms with Crippen LogP contribution in [0.25, 0.3) is 0 Å². The third-order valence-corrected chi connectivity index (χ3v) is 6.97. The van der Waals surface area contributed by atoms with Crippen molar-refractivity contribution in [1.29, 1.82) is 0 Å². The normalized spacial score (nSPS) is 36.2. The van der Waals surface area contributed by atoms with Gasteiger partial charge >= 0.3 is 0 Å². The molecule has 3 fully saturated rings. The fraction of sp³-hybridized carbons (Fsp3) is 0.650. The molecule has 2 aliphatic heterocycles. The van der Waals surface area contributed by atoms with Gasteiger partial charge in [-0.05, 0) is 61.0 Å². The first kappa shape index (κ1) is 14.6. The summed E-state index contributed by atoms with van der Waals surface area (Å²) in [5.41, 5.74) is 1.10. The Kier molecular flexibility index (Phi) is 3.29. The summed E-state index contributed by atoms with van der Waals surface area (Å²) < 4.78 is 11.3. The van der Waals surface area contributed by atoms with E-state index in [0.29, 0.717) is 12.5 Å². The molecule has 2 heterocycles. The zero-order valence-corrected chi connectivity index (χ0v) is 14.2. The standard InChI is InChI=1S/C20H25NO3/c1-23-18-4-2-3-14-8-15(11-24-19(14)18)20(22)21-9-16-12-5-6-13(7-12)17(16)10-21/h2-4,12-13,15-17H,5-11H2,1H3/t12-,13+,15-,16-,17+/m0/s1. The highest BCUT2D eigenvalue weighted by molar-refractivity contribution is 5.80. The van der Waals surface area contributed by atoms with Crippen LogP contribution in [0.3, 0.4) is 0 Å². The lowest BCUT2D eigenvalue weighted by atomic mass is 9.82. The topological polar surface area (TPSA) is 38.8 Å². The van der Waals surface area contributed by atoms with E-state index >= 15 is 0 Å². The molecule has 0 N–H and O–H groups in total. The lowest BCUT2D eigenvalue weighted by Crippen LogP contribution is -2.40. The van der Waals surface area contributed by atoms with E-state index in [-0.39, 0.29) is 5.92 Å². The predicted octanol–water partition coefficient (Wildman–Crippen LogP) is 2.75. The number of hydrogen-bond acceptors (Lipinski definition) is 3. The van der Waals surface area contributed by atoms with Gasteiger partial charge in [-0.25, -0.2) is 0 Å². The van der Waals surface area contributed by atoms with E-state index in [1.54, 1.807) is 7.11 Å². The molecule has 24 heavy (non-hydrogen) atoms. The first-order valence-corrected chi connectivity index (χ1v) is 9.32. The second kappa shape index (κ2) is 5.40. The number of carbonyl (C=O) groups excluding carboxylic acids is 1. The van der Waals surface area contributed by atoms with Crippen molar-refractivity contribution in [2.45, 2.75) is 25.7 Å². The molecule has 4 aliphatic rings. The number of fused-ring (bicyclic) bond motifs is 6. The smallest absolute Gasteiger partial charge is 0.229 e. The Balaban J connectivity index is 1.30. The third kappa shape index (κ3) is 2.08. The van der Waals surface area contributed by atoms with Crippen molar-refractivity contribution in [2.24, 2.45) is 29.6 Å². The van der Waals surface area contributed by atoms with E-state index in [9.17, 15) is 4.79 Å². The molecule has 1 saturated heterocycles. The van der Waals surface area contributed by atoms with Crippen LogP contribution in [-0.4, -0.2) is 37.6 Å². The van der Waals surface area contributed by atoms with Crippen LogP contribution in [0.4, 0.5) is 0 Å². The highest BCUT2D eigenvalue weighted by Crippen LogP contribution is 2.55. The summed E-state index contributed by atoms with van der Waals surface area (Å²) in [4.78, 5) is 15.2. The average Bonchev–Trinajstić information content (AvgIpc) is 3.32. The van der Waals surface area contributed by atoms with Gasteiger partial charge in [0, 0.05) is 13.1 Å². The summed E-state index contributed by atoms with van der Waals surface area (Å²) in [6.07, 6.45) is 4.99. The Hall–Kier alpha value is -1.71. The van der Waals surface area contributed by atoms with Crippen LogP contribution in [0.5, 0.6) is 11.5 Å². The van der Waals surface area contributed by atoms with E-state index in [1.807, 2.05) is 12.1 Å². The molecule has 4 nitrogen and oxygen atoms in total. The number of amides is 1. The zero-order chi connectivity index (χ0) is 16.3. The monoisotopic (exact) mass is 327 g/mol. The number of likely N-dealkylation sites (tertiary alicyclic amines) is 1. The third-order valence-electron chi connectivity index (χ3n) is 6.97. The molecule has 128 valence electrons. The maximum Gasteiger partial charge on any atom is 0.229 e. The SMILES string of the molecule is COc1cccc2c1OC[C@@H](C(=O)N1C[C@@H]3[C@@H]4CC[C@@H](C4)[C@@H]3C1)C2. The predicted molar refractivity (Wildman–Crippen MR) is 90.1 cm³/mol. The van der Waals surface area contributed by atoms with Crippen molar-refractivity contribution >= 4 is 5.91 Å². The van der Waals surface area contributed by atoms with Crippen LogP contribution in [0.15, 0.2) is 18.2 Å². The minimum atomic E-state index is -0.0407. The van der Waals surface area contributed by atoms with Crippen molar-refractivity contribution in [3.8, 4) is 11.5 Å². The van der Waals surface area contributed by atoms with Gasteiger partial charge in [-0.1, -0.05) is 12.1 Å². The second-order valence-corrected chi connectivity index (χ2v) is 8.06. The van der Waals surface area contributed by atoms with Crippen LogP contribution in [0, 0.1) is 29.6 Å². The maximum absolute atomic E-state index is 13.0. The number of rotatable bonds is 2. The van der Waals surface area contributed by atoms with E-state index in [4.69, 9.17) is 9.47 Å². The van der Waals surface area contributed by atoms with Crippen LogP contribution < -0.4 is 9.47 Å². The lowest BCUT2D eigenvalue weighted by Gasteiger charge is -2.29. The van der Waals surface area contributed by atoms with Gasteiger partial charge in [0.05, 0.1) is 13.0 Å². The van der Waals surface area contributed by atoms with E-state index in [0.717, 1.165) is 60.2 Å². The fourth-order valence-corrected chi connectivity index (χ4v) is 5.83. The van der Waals surface area contributed by atoms with Crippen LogP contribution >= 0.6 is 0 Å². The van der Waals surface area contributed by atoms with Crippen molar-refractivity contribution in [2.75, 3.05) is 26.8 Å². The lowest BCUT2D eigenvalue weighted by molar-refractivity contribution is -0.136. The molecule has 5 atom stereocenters. The zero-order valence-electron chi connectivity index (χ0n) is 14.2. The Morgan fingerprint density at radius 1 is 1.21 bits per heavy atom. The van der Waals surface area contributed by atoms with E-state index in [2.05, 4.69) is 11.0 Å². The molecule has 0 aromatic heterocycles. The molecule has 0 radical (unpaired) electrons. The quantitative estimate of drug-likeness (QED) is 0.838. The number of benzene rings is 1. The van der Waals surface area contributed by atoms with Gasteiger partial charge in [0.2, 0.25) is 5.91 Å². The number of carbonyl (C=O) groups is 1. The van der Waals surface area contributed by atoms with Crippen molar-refractivity contribution in [3.63, 3.8) is 0 Å². The summed E-state index contributed by atoms with van der Waals surface area (Å²) in [5, 5.41) is 0. The van der Waals surface area contributed by atoms with Crippen LogP contribution in [0.1, 0.15) is 24.8 Å². The van der Waals surface area contributed by atoms with Crippen molar-refractivity contribution in [1.82, 2.24) is 4.90 Å². The molecular formula is C20H25NO3. The van der Waals surface area contributed by atoms with Crippen molar-refractivity contribution < 1.29 is 14.3 Å². The first-order valence-electron chi connectivity index (χ1n) is 9.32. The summed E-state index contributed by atoms with van der Waals surface area (Å²) in [6.45, 7) is 2.46. The van der Waals surface area contributed by atoms with Gasteiger partial charge in [0.1, 0.15) is 6.61 Å². The number of nitrogens with zero attached hydrogens (tertiary/aromatic N) is 1. The number of ether oxygens (including phenoxy) is 2. The highest BCUT2D eigenvalue weighted by atomic mass is 16.5. The maximum atomic E-state index is 13.0. The van der Waals surface area contributed by atoms with Gasteiger partial charge in [-0.2, -0.15) is 0 Å². The van der Waals surface area contributed by atoms with Gasteiger partial charge in [-0.15, -0.1) is 0 Å². The summed E-state index contributed by atoms with van der Waals surface area (Å²) in [6, 6.07) is 5.94. The summed E-state index contributed by atoms with van der Waals surface area (Å²) in [5.74, 6) is 5.20. The van der Waals surface area contributed by atoms with Crippen LogP contribution in [-0.2, 0) is 11.2 Å². The van der Waals surface area contributed by atoms with Crippen LogP contribution in [0.2, 0.25) is 0 Å². The molecule has 0 spiro atoms. The first-order chi connectivity index (χ1) is 11.7. The van der Waals surface area contributed by atoms with Gasteiger partial charge in [-0.3, -0.25) is 4.79 Å². The minimum absolute atomic E-state index is 0.0407. The molecule has 1 aromatic rings. The molecule has 4 heteroatoms. The molecule has 2 aliphatic carbocycles. The van der Waals surface area contributed by atoms with E-state index in [1.165, 1.54) is 19.3 Å². The van der Waals surface area contributed by atoms with Crippen molar-refractivity contribution in [3.05, 3.63) is 23.8 Å². The number of methoxy groups -OCH3 is 1. The molecular weight excluding hydrogens is 302 g/mol. The molecule has 2 saturated carbocycles. The van der Waals surface area contributed by atoms with Gasteiger partial charge < -0.3 is 14.4 Å². The molecule has 5 rings (SSSR count). The molecule has 1 aromatic carbocycles. The summed E-state index contributed by atoms with van der Waals surface area (Å²) in [7, 11) is 1.66. The van der Waals surface area contributed by atoms with E-state index < -0.39 is 0 Å². The Labute approximate surface area is 143 Å².